The first-order valence-electron chi connectivity index (χ1n) is 4.94. The fraction of sp³-hybridized carbons (Fsp3) is 0.385. The van der Waals surface area contributed by atoms with Gasteiger partial charge >= 0.3 is 0 Å². The summed E-state index contributed by atoms with van der Waals surface area (Å²) < 4.78 is 0. The van der Waals surface area contributed by atoms with E-state index in [-0.39, 0.29) is 0 Å². The third kappa shape index (κ3) is 3.53. The molecule has 0 aromatic heterocycles. The number of nitrogens with one attached hydrogen (secondary N) is 1. The molecule has 1 aliphatic heterocycles. The van der Waals surface area contributed by atoms with Gasteiger partial charge in [-0.2, -0.15) is 0 Å². The molecule has 74 valence electrons. The van der Waals surface area contributed by atoms with Gasteiger partial charge in [-0.3, -0.25) is 0 Å². The zero-order valence-electron chi connectivity index (χ0n) is 8.72. The summed E-state index contributed by atoms with van der Waals surface area (Å²) in [5.41, 5.74) is 2.13. The minimum Gasteiger partial charge on any atom is -0.389 e. The molecule has 0 radical (unpaired) electrons. The van der Waals surface area contributed by atoms with Crippen LogP contribution in [0.5, 0.6) is 0 Å². The molecule has 0 aliphatic carbocycles. The molecule has 1 saturated heterocycles. The fourth-order valence-electron chi connectivity index (χ4n) is 1.48. The molecule has 1 fully saturated rings. The Bertz CT molecular complexity index is 302. The lowest BCUT2D eigenvalue weighted by molar-refractivity contribution is 0.596. The maximum Gasteiger partial charge on any atom is 0.0178 e. The van der Waals surface area contributed by atoms with Gasteiger partial charge in [-0.05, 0) is 31.3 Å². The van der Waals surface area contributed by atoms with E-state index in [0.717, 1.165) is 25.0 Å². The number of allylic oxidation sites excluding steroid dienone is 5. The van der Waals surface area contributed by atoms with Crippen LogP contribution in [0.4, 0.5) is 0 Å². The highest BCUT2D eigenvalue weighted by Gasteiger charge is 2.14. The molecule has 1 atom stereocenters. The zero-order valence-corrected chi connectivity index (χ0v) is 8.72. The van der Waals surface area contributed by atoms with Crippen LogP contribution in [0.1, 0.15) is 19.8 Å². The van der Waals surface area contributed by atoms with Crippen LogP contribution in [0.3, 0.4) is 0 Å². The zero-order chi connectivity index (χ0) is 10.4. The first-order chi connectivity index (χ1) is 6.72. The van der Waals surface area contributed by atoms with E-state index in [4.69, 9.17) is 6.42 Å². The molecule has 0 aromatic carbocycles. The molecule has 1 unspecified atom stereocenters. The number of hydrogen-bond donors (Lipinski definition) is 1. The van der Waals surface area contributed by atoms with Crippen LogP contribution in [-0.2, 0) is 0 Å². The van der Waals surface area contributed by atoms with Crippen LogP contribution < -0.4 is 5.32 Å². The lowest BCUT2D eigenvalue weighted by Crippen LogP contribution is -2.06. The van der Waals surface area contributed by atoms with Gasteiger partial charge in [0.1, 0.15) is 0 Å². The smallest absolute Gasteiger partial charge is 0.0178 e. The van der Waals surface area contributed by atoms with Crippen molar-refractivity contribution in [2.24, 2.45) is 5.92 Å². The van der Waals surface area contributed by atoms with Crippen molar-refractivity contribution in [2.45, 2.75) is 19.8 Å². The second kappa shape index (κ2) is 5.34. The highest BCUT2D eigenvalue weighted by Crippen LogP contribution is 2.18. The van der Waals surface area contributed by atoms with Gasteiger partial charge in [0, 0.05) is 12.2 Å². The molecule has 1 heteroatoms. The van der Waals surface area contributed by atoms with Crippen LogP contribution in [0, 0.1) is 18.3 Å². The van der Waals surface area contributed by atoms with E-state index in [1.807, 2.05) is 19.1 Å². The van der Waals surface area contributed by atoms with Gasteiger partial charge in [0.05, 0.1) is 0 Å². The Morgan fingerprint density at radius 1 is 1.79 bits per heavy atom. The van der Waals surface area contributed by atoms with Crippen molar-refractivity contribution >= 4 is 0 Å². The lowest BCUT2D eigenvalue weighted by atomic mass is 10.0. The topological polar surface area (TPSA) is 12.0 Å². The van der Waals surface area contributed by atoms with Crippen molar-refractivity contribution in [1.82, 2.24) is 5.32 Å². The standard InChI is InChI=1S/C13H17N/c1-4-11(2)7-5-6-8-13-9-12(3)14-10-13/h1,5-7,13-14H,3,8-10H2,2H3/b6-5-,11-7+. The molecule has 1 rings (SSSR count). The SMILES string of the molecule is C#C/C(C)=C/C=C\CC1CNC(=C)C1. The van der Waals surface area contributed by atoms with Crippen LogP contribution in [-0.4, -0.2) is 6.54 Å². The Hall–Kier alpha value is -1.42. The summed E-state index contributed by atoms with van der Waals surface area (Å²) in [7, 11) is 0. The summed E-state index contributed by atoms with van der Waals surface area (Å²) in [4.78, 5) is 0. The van der Waals surface area contributed by atoms with Gasteiger partial charge in [0.2, 0.25) is 0 Å². The highest BCUT2D eigenvalue weighted by molar-refractivity contribution is 5.26. The molecule has 0 saturated carbocycles. The molecular formula is C13H17N. The summed E-state index contributed by atoms with van der Waals surface area (Å²) in [6, 6.07) is 0. The summed E-state index contributed by atoms with van der Waals surface area (Å²) >= 11 is 0. The molecular weight excluding hydrogens is 170 g/mol. The largest absolute Gasteiger partial charge is 0.389 e. The van der Waals surface area contributed by atoms with Crippen LogP contribution >= 0.6 is 0 Å². The van der Waals surface area contributed by atoms with E-state index in [2.05, 4.69) is 23.9 Å². The van der Waals surface area contributed by atoms with E-state index >= 15 is 0 Å². The van der Waals surface area contributed by atoms with Crippen LogP contribution in [0.25, 0.3) is 0 Å². The van der Waals surface area contributed by atoms with E-state index < -0.39 is 0 Å². The third-order valence-corrected chi connectivity index (χ3v) is 2.36. The van der Waals surface area contributed by atoms with Crippen molar-refractivity contribution < 1.29 is 0 Å². The van der Waals surface area contributed by atoms with Crippen molar-refractivity contribution in [1.29, 1.82) is 0 Å². The number of terminal acetylenes is 1. The fourth-order valence-corrected chi connectivity index (χ4v) is 1.48. The quantitative estimate of drug-likeness (QED) is 0.529. The Morgan fingerprint density at radius 2 is 2.57 bits per heavy atom. The maximum atomic E-state index is 5.22. The van der Waals surface area contributed by atoms with E-state index in [0.29, 0.717) is 5.92 Å². The Morgan fingerprint density at radius 3 is 3.14 bits per heavy atom. The number of rotatable bonds is 3. The molecule has 0 spiro atoms. The lowest BCUT2D eigenvalue weighted by Gasteiger charge is -2.00. The summed E-state index contributed by atoms with van der Waals surface area (Å²) in [5, 5.41) is 3.25. The van der Waals surface area contributed by atoms with E-state index in [1.165, 1.54) is 5.70 Å². The average Bonchev–Trinajstić information content (AvgIpc) is 2.58. The third-order valence-electron chi connectivity index (χ3n) is 2.36. The molecule has 14 heavy (non-hydrogen) atoms. The minimum absolute atomic E-state index is 0.707. The predicted molar refractivity (Wildman–Crippen MR) is 61.6 cm³/mol. The first-order valence-corrected chi connectivity index (χ1v) is 4.94. The van der Waals surface area contributed by atoms with E-state index in [1.54, 1.807) is 0 Å². The highest BCUT2D eigenvalue weighted by atomic mass is 14.9. The molecule has 0 amide bonds. The van der Waals surface area contributed by atoms with Crippen molar-refractivity contribution in [3.8, 4) is 12.3 Å². The van der Waals surface area contributed by atoms with Gasteiger partial charge in [-0.15, -0.1) is 6.42 Å². The number of hydrogen-bond acceptors (Lipinski definition) is 1. The van der Waals surface area contributed by atoms with Crippen molar-refractivity contribution in [2.75, 3.05) is 6.54 Å². The Labute approximate surface area is 86.6 Å². The summed E-state index contributed by atoms with van der Waals surface area (Å²) in [6.45, 7) is 6.89. The van der Waals surface area contributed by atoms with Crippen molar-refractivity contribution in [3.05, 3.63) is 36.1 Å². The second-order valence-corrected chi connectivity index (χ2v) is 3.71. The molecule has 0 bridgehead atoms. The van der Waals surface area contributed by atoms with Crippen LogP contribution in [0.15, 0.2) is 36.1 Å². The minimum atomic E-state index is 0.707. The molecule has 1 aliphatic rings. The van der Waals surface area contributed by atoms with Gasteiger partial charge in [0.25, 0.3) is 0 Å². The van der Waals surface area contributed by atoms with E-state index in [9.17, 15) is 0 Å². The molecule has 0 aromatic rings. The molecule has 1 N–H and O–H groups in total. The summed E-state index contributed by atoms with van der Waals surface area (Å²) in [6.07, 6.45) is 13.6. The van der Waals surface area contributed by atoms with Gasteiger partial charge in [-0.1, -0.05) is 30.7 Å². The average molecular weight is 187 g/mol. The van der Waals surface area contributed by atoms with Gasteiger partial charge < -0.3 is 5.32 Å². The predicted octanol–water partition coefficient (Wildman–Crippen LogP) is 2.64. The second-order valence-electron chi connectivity index (χ2n) is 3.71. The van der Waals surface area contributed by atoms with Crippen molar-refractivity contribution in [3.63, 3.8) is 0 Å². The molecule has 1 heterocycles. The van der Waals surface area contributed by atoms with Gasteiger partial charge in [-0.25, -0.2) is 0 Å². The first kappa shape index (κ1) is 10.7. The summed E-state index contributed by atoms with van der Waals surface area (Å²) in [5.74, 6) is 3.29. The van der Waals surface area contributed by atoms with Crippen LogP contribution in [0.2, 0.25) is 0 Å². The normalized spacial score (nSPS) is 22.4. The Balaban J connectivity index is 2.28. The maximum absolute atomic E-state index is 5.22. The molecule has 1 nitrogen and oxygen atoms in total. The Kier molecular flexibility index (Phi) is 4.07. The van der Waals surface area contributed by atoms with Gasteiger partial charge in [0.15, 0.2) is 0 Å². The monoisotopic (exact) mass is 187 g/mol.